The molecule has 0 bridgehead atoms. The average Bonchev–Trinajstić information content (AvgIpc) is 3.08. The van der Waals surface area contributed by atoms with Gasteiger partial charge in [-0.15, -0.1) is 0 Å². The molecule has 0 saturated carbocycles. The predicted octanol–water partition coefficient (Wildman–Crippen LogP) is 3.05. The van der Waals surface area contributed by atoms with Gasteiger partial charge in [0.1, 0.15) is 17.3 Å². The summed E-state index contributed by atoms with van der Waals surface area (Å²) in [6, 6.07) is 8.83. The Morgan fingerprint density at radius 1 is 1.31 bits per heavy atom. The van der Waals surface area contributed by atoms with Crippen LogP contribution in [-0.4, -0.2) is 50.8 Å². The number of benzene rings is 1. The Bertz CT molecular complexity index is 756. The van der Waals surface area contributed by atoms with Gasteiger partial charge in [-0.05, 0) is 37.3 Å². The van der Waals surface area contributed by atoms with E-state index in [1.165, 1.54) is 7.11 Å². The van der Waals surface area contributed by atoms with Crippen LogP contribution < -0.4 is 10.1 Å². The fourth-order valence-electron chi connectivity index (χ4n) is 3.07. The zero-order valence-electron chi connectivity index (χ0n) is 15.0. The molecule has 26 heavy (non-hydrogen) atoms. The van der Waals surface area contributed by atoms with Gasteiger partial charge in [0.25, 0.3) is 5.91 Å². The molecule has 1 aliphatic heterocycles. The van der Waals surface area contributed by atoms with E-state index in [0.717, 1.165) is 24.6 Å². The van der Waals surface area contributed by atoms with Gasteiger partial charge in [-0.25, -0.2) is 0 Å². The van der Waals surface area contributed by atoms with Crippen LogP contribution in [0.3, 0.4) is 0 Å². The largest absolute Gasteiger partial charge is 0.496 e. The minimum absolute atomic E-state index is 0.0540. The second kappa shape index (κ2) is 8.58. The highest BCUT2D eigenvalue weighted by molar-refractivity contribution is 6.31. The van der Waals surface area contributed by atoms with Gasteiger partial charge in [-0.3, -0.25) is 9.69 Å². The molecule has 7 heteroatoms. The number of hydrogen-bond donors (Lipinski definition) is 1. The first-order chi connectivity index (χ1) is 12.6. The Balaban J connectivity index is 1.75. The summed E-state index contributed by atoms with van der Waals surface area (Å²) in [7, 11) is 1.53. The average molecular weight is 379 g/mol. The molecule has 2 aromatic rings. The third-order valence-electron chi connectivity index (χ3n) is 4.44. The van der Waals surface area contributed by atoms with Crippen molar-refractivity contribution in [3.05, 3.63) is 52.4 Å². The van der Waals surface area contributed by atoms with Crippen molar-refractivity contribution in [3.8, 4) is 5.75 Å². The lowest BCUT2D eigenvalue weighted by Crippen LogP contribution is -2.43. The number of halogens is 1. The van der Waals surface area contributed by atoms with Gasteiger partial charge in [0, 0.05) is 24.7 Å². The highest BCUT2D eigenvalue weighted by Crippen LogP contribution is 2.25. The zero-order chi connectivity index (χ0) is 18.5. The maximum Gasteiger partial charge on any atom is 0.255 e. The smallest absolute Gasteiger partial charge is 0.255 e. The van der Waals surface area contributed by atoms with Crippen molar-refractivity contribution in [1.29, 1.82) is 0 Å². The highest BCUT2D eigenvalue weighted by atomic mass is 35.5. The molecule has 1 saturated heterocycles. The van der Waals surface area contributed by atoms with E-state index in [0.29, 0.717) is 36.1 Å². The summed E-state index contributed by atoms with van der Waals surface area (Å²) in [4.78, 5) is 14.9. The molecule has 0 spiro atoms. The molecule has 1 aromatic carbocycles. The number of aryl methyl sites for hydroxylation is 1. The third kappa shape index (κ3) is 4.38. The number of hydrogen-bond acceptors (Lipinski definition) is 5. The first-order valence-corrected chi connectivity index (χ1v) is 8.96. The van der Waals surface area contributed by atoms with Crippen molar-refractivity contribution >= 4 is 17.5 Å². The number of amides is 1. The Kier molecular flexibility index (Phi) is 6.19. The molecule has 140 valence electrons. The van der Waals surface area contributed by atoms with Gasteiger partial charge in [-0.2, -0.15) is 0 Å². The fraction of sp³-hybridized carbons (Fsp3) is 0.421. The summed E-state index contributed by atoms with van der Waals surface area (Å²) in [6.07, 6.45) is 0. The fourth-order valence-corrected chi connectivity index (χ4v) is 3.25. The van der Waals surface area contributed by atoms with E-state index in [-0.39, 0.29) is 11.9 Å². The number of nitrogens with one attached hydrogen (secondary N) is 1. The van der Waals surface area contributed by atoms with Gasteiger partial charge in [0.05, 0.1) is 31.9 Å². The van der Waals surface area contributed by atoms with Crippen LogP contribution in [0.15, 0.2) is 34.7 Å². The van der Waals surface area contributed by atoms with Crippen molar-refractivity contribution in [2.75, 3.05) is 40.0 Å². The molecule has 2 heterocycles. The predicted molar refractivity (Wildman–Crippen MR) is 98.9 cm³/mol. The summed E-state index contributed by atoms with van der Waals surface area (Å²) in [5.41, 5.74) is 0.413. The van der Waals surface area contributed by atoms with E-state index in [2.05, 4.69) is 10.2 Å². The molecule has 0 aliphatic carbocycles. The molecule has 1 aromatic heterocycles. The van der Waals surface area contributed by atoms with Crippen molar-refractivity contribution in [2.45, 2.75) is 13.0 Å². The quantitative estimate of drug-likeness (QED) is 0.837. The van der Waals surface area contributed by atoms with Crippen molar-refractivity contribution in [2.24, 2.45) is 0 Å². The van der Waals surface area contributed by atoms with Crippen molar-refractivity contribution in [1.82, 2.24) is 10.2 Å². The summed E-state index contributed by atoms with van der Waals surface area (Å²) < 4.78 is 16.5. The topological polar surface area (TPSA) is 63.9 Å². The molecular formula is C19H23ClN2O4. The zero-order valence-corrected chi connectivity index (χ0v) is 15.7. The number of methoxy groups -OCH3 is 1. The van der Waals surface area contributed by atoms with E-state index in [1.807, 2.05) is 19.1 Å². The first-order valence-electron chi connectivity index (χ1n) is 8.58. The lowest BCUT2D eigenvalue weighted by Gasteiger charge is -2.33. The van der Waals surface area contributed by atoms with Crippen molar-refractivity contribution < 1.29 is 18.7 Å². The standard InChI is InChI=1S/C19H23ClN2O4/c1-13-3-5-18(26-13)16(22-7-9-25-10-8-22)12-21-19(23)15-11-14(20)4-6-17(15)24-2/h3-6,11,16H,7-10,12H2,1-2H3,(H,21,23). The second-order valence-corrected chi connectivity index (χ2v) is 6.60. The van der Waals surface area contributed by atoms with E-state index < -0.39 is 0 Å². The van der Waals surface area contributed by atoms with Crippen LogP contribution in [0.1, 0.15) is 27.9 Å². The SMILES string of the molecule is COc1ccc(Cl)cc1C(=O)NCC(c1ccc(C)o1)N1CCOCC1. The summed E-state index contributed by atoms with van der Waals surface area (Å²) >= 11 is 6.03. The van der Waals surface area contributed by atoms with Gasteiger partial charge in [-0.1, -0.05) is 11.6 Å². The lowest BCUT2D eigenvalue weighted by molar-refractivity contribution is 0.0117. The van der Waals surface area contributed by atoms with E-state index in [1.54, 1.807) is 18.2 Å². The number of morpholine rings is 1. The molecule has 1 unspecified atom stereocenters. The van der Waals surface area contributed by atoms with Crippen molar-refractivity contribution in [3.63, 3.8) is 0 Å². The minimum Gasteiger partial charge on any atom is -0.496 e. The van der Waals surface area contributed by atoms with Gasteiger partial charge >= 0.3 is 0 Å². The van der Waals surface area contributed by atoms with Gasteiger partial charge < -0.3 is 19.2 Å². The Hall–Kier alpha value is -2.02. The Morgan fingerprint density at radius 3 is 2.73 bits per heavy atom. The number of nitrogens with zero attached hydrogens (tertiary/aromatic N) is 1. The number of rotatable bonds is 6. The third-order valence-corrected chi connectivity index (χ3v) is 4.67. The Morgan fingerprint density at radius 2 is 2.08 bits per heavy atom. The molecule has 1 fully saturated rings. The molecule has 1 aliphatic rings. The monoisotopic (exact) mass is 378 g/mol. The number of ether oxygens (including phenoxy) is 2. The number of carbonyl (C=O) groups excluding carboxylic acids is 1. The molecular weight excluding hydrogens is 356 g/mol. The second-order valence-electron chi connectivity index (χ2n) is 6.17. The van der Waals surface area contributed by atoms with Crippen LogP contribution in [0.25, 0.3) is 0 Å². The van der Waals surface area contributed by atoms with Crippen LogP contribution in [0.5, 0.6) is 5.75 Å². The van der Waals surface area contributed by atoms with Crippen LogP contribution in [0, 0.1) is 6.92 Å². The van der Waals surface area contributed by atoms with Crippen LogP contribution in [-0.2, 0) is 4.74 Å². The number of furan rings is 1. The molecule has 1 N–H and O–H groups in total. The van der Waals surface area contributed by atoms with Crippen LogP contribution in [0.4, 0.5) is 0 Å². The molecule has 6 nitrogen and oxygen atoms in total. The highest BCUT2D eigenvalue weighted by Gasteiger charge is 2.26. The van der Waals surface area contributed by atoms with E-state index >= 15 is 0 Å². The minimum atomic E-state index is -0.231. The molecule has 1 atom stereocenters. The summed E-state index contributed by atoms with van der Waals surface area (Å²) in [5.74, 6) is 1.94. The van der Waals surface area contributed by atoms with Gasteiger partial charge in [0.2, 0.25) is 0 Å². The van der Waals surface area contributed by atoms with Crippen LogP contribution in [0.2, 0.25) is 5.02 Å². The summed E-state index contributed by atoms with van der Waals surface area (Å²) in [5, 5.41) is 3.47. The molecule has 1 amide bonds. The normalized spacial score (nSPS) is 16.3. The maximum absolute atomic E-state index is 12.7. The molecule has 0 radical (unpaired) electrons. The molecule has 3 rings (SSSR count). The lowest BCUT2D eigenvalue weighted by atomic mass is 10.1. The van der Waals surface area contributed by atoms with Gasteiger partial charge in [0.15, 0.2) is 0 Å². The maximum atomic E-state index is 12.7. The Labute approximate surface area is 158 Å². The number of carbonyl (C=O) groups is 1. The first kappa shape index (κ1) is 18.8. The van der Waals surface area contributed by atoms with E-state index in [4.69, 9.17) is 25.5 Å². The van der Waals surface area contributed by atoms with E-state index in [9.17, 15) is 4.79 Å². The summed E-state index contributed by atoms with van der Waals surface area (Å²) in [6.45, 7) is 5.26. The van der Waals surface area contributed by atoms with Crippen LogP contribution >= 0.6 is 11.6 Å².